The number of imide groups is 1. The maximum Gasteiger partial charge on any atom is 0.261 e. The Bertz CT molecular complexity index is 1370. The highest BCUT2D eigenvalue weighted by Gasteiger charge is 2.35. The van der Waals surface area contributed by atoms with Crippen molar-refractivity contribution >= 4 is 39.1 Å². The minimum Gasteiger partial charge on any atom is -0.322 e. The van der Waals surface area contributed by atoms with Crippen LogP contribution in [0.1, 0.15) is 50.0 Å². The number of hydrogen-bond acceptors (Lipinski definition) is 5. The Morgan fingerprint density at radius 1 is 0.857 bits per heavy atom. The number of anilines is 2. The lowest BCUT2D eigenvalue weighted by atomic mass is 10.1. The van der Waals surface area contributed by atoms with E-state index < -0.39 is 21.8 Å². The van der Waals surface area contributed by atoms with E-state index in [1.165, 1.54) is 23.1 Å². The van der Waals surface area contributed by atoms with E-state index in [1.807, 2.05) is 30.3 Å². The van der Waals surface area contributed by atoms with Crippen molar-refractivity contribution in [2.24, 2.45) is 0 Å². The molecule has 0 fully saturated rings. The first-order chi connectivity index (χ1) is 16.8. The fourth-order valence-corrected chi connectivity index (χ4v) is 4.98. The predicted octanol–water partition coefficient (Wildman–Crippen LogP) is 3.93. The fourth-order valence-electron chi connectivity index (χ4n) is 3.84. The lowest BCUT2D eigenvalue weighted by Crippen LogP contribution is -2.31. The number of amides is 3. The second-order valence-electron chi connectivity index (χ2n) is 8.21. The summed E-state index contributed by atoms with van der Waals surface area (Å²) in [4.78, 5) is 39.6. The number of benzene rings is 3. The monoisotopic (exact) mass is 491 g/mol. The zero-order valence-corrected chi connectivity index (χ0v) is 20.0. The Labute approximate surface area is 204 Å². The average molecular weight is 492 g/mol. The van der Waals surface area contributed by atoms with E-state index >= 15 is 0 Å². The summed E-state index contributed by atoms with van der Waals surface area (Å²) in [5.74, 6) is -1.21. The lowest BCUT2D eigenvalue weighted by Gasteiger charge is -2.13. The summed E-state index contributed by atoms with van der Waals surface area (Å²) >= 11 is 0. The van der Waals surface area contributed by atoms with Gasteiger partial charge in [0.1, 0.15) is 0 Å². The smallest absolute Gasteiger partial charge is 0.261 e. The molecule has 0 bridgehead atoms. The molecule has 0 unspecified atom stereocenters. The Balaban J connectivity index is 1.42. The second-order valence-corrected chi connectivity index (χ2v) is 10.1. The highest BCUT2D eigenvalue weighted by atomic mass is 32.2. The van der Waals surface area contributed by atoms with Gasteiger partial charge in [0.2, 0.25) is 10.0 Å². The normalized spacial score (nSPS) is 13.0. The molecule has 8 nitrogen and oxygen atoms in total. The van der Waals surface area contributed by atoms with Crippen molar-refractivity contribution in [2.75, 3.05) is 22.3 Å². The molecule has 1 heterocycles. The summed E-state index contributed by atoms with van der Waals surface area (Å²) in [5.41, 5.74) is 2.60. The van der Waals surface area contributed by atoms with Gasteiger partial charge in [-0.3, -0.25) is 24.0 Å². The first-order valence-electron chi connectivity index (χ1n) is 11.2. The fraction of sp³-hybridized carbons (Fsp3) is 0.192. The van der Waals surface area contributed by atoms with Crippen LogP contribution < -0.4 is 10.0 Å². The molecule has 180 valence electrons. The summed E-state index contributed by atoms with van der Waals surface area (Å²) in [6.45, 7) is 2.04. The van der Waals surface area contributed by atoms with Crippen molar-refractivity contribution in [3.8, 4) is 0 Å². The standard InChI is InChI=1S/C26H25N3O5S/c1-2-16-35(33,34)28-21-11-9-20(10-12-21)27-24(30)19-8-13-22-23(17-19)26(32)29(25(22)31)15-14-18-6-4-3-5-7-18/h3-13,17,28H,2,14-16H2,1H3,(H,27,30). The molecule has 0 radical (unpaired) electrons. The molecule has 3 aromatic carbocycles. The Hall–Kier alpha value is -3.98. The molecule has 0 aromatic heterocycles. The number of nitrogens with one attached hydrogen (secondary N) is 2. The Morgan fingerprint density at radius 3 is 2.20 bits per heavy atom. The largest absolute Gasteiger partial charge is 0.322 e. The highest BCUT2D eigenvalue weighted by Crippen LogP contribution is 2.25. The van der Waals surface area contributed by atoms with Crippen molar-refractivity contribution < 1.29 is 22.8 Å². The second kappa shape index (κ2) is 10.1. The first-order valence-corrected chi connectivity index (χ1v) is 12.9. The summed E-state index contributed by atoms with van der Waals surface area (Å²) in [7, 11) is -3.40. The molecule has 2 N–H and O–H groups in total. The van der Waals surface area contributed by atoms with Gasteiger partial charge >= 0.3 is 0 Å². The van der Waals surface area contributed by atoms with E-state index in [-0.39, 0.29) is 34.9 Å². The number of rotatable bonds is 9. The molecule has 1 aliphatic rings. The number of hydrogen-bond donors (Lipinski definition) is 2. The zero-order chi connectivity index (χ0) is 25.0. The minimum atomic E-state index is -3.40. The van der Waals surface area contributed by atoms with Gasteiger partial charge in [0.15, 0.2) is 0 Å². The number of sulfonamides is 1. The minimum absolute atomic E-state index is 0.0225. The number of fused-ring (bicyclic) bond motifs is 1. The topological polar surface area (TPSA) is 113 Å². The molecule has 0 spiro atoms. The summed E-state index contributed by atoms with van der Waals surface area (Å²) in [6.07, 6.45) is 1.05. The van der Waals surface area contributed by atoms with E-state index in [0.29, 0.717) is 24.2 Å². The summed E-state index contributed by atoms with van der Waals surface area (Å²) in [6, 6.07) is 20.3. The van der Waals surface area contributed by atoms with E-state index in [0.717, 1.165) is 5.56 Å². The lowest BCUT2D eigenvalue weighted by molar-refractivity contribution is 0.0656. The molecule has 1 aliphatic heterocycles. The molecule has 0 saturated carbocycles. The van der Waals surface area contributed by atoms with Gasteiger partial charge in [-0.2, -0.15) is 0 Å². The highest BCUT2D eigenvalue weighted by molar-refractivity contribution is 7.92. The van der Waals surface area contributed by atoms with Crippen molar-refractivity contribution in [3.63, 3.8) is 0 Å². The van der Waals surface area contributed by atoms with Crippen molar-refractivity contribution in [2.45, 2.75) is 19.8 Å². The molecular weight excluding hydrogens is 466 g/mol. The number of carbonyl (C=O) groups excluding carboxylic acids is 3. The third-order valence-electron chi connectivity index (χ3n) is 5.59. The van der Waals surface area contributed by atoms with Gasteiger partial charge < -0.3 is 5.32 Å². The molecular formula is C26H25N3O5S. The SMILES string of the molecule is CCCS(=O)(=O)Nc1ccc(NC(=O)c2ccc3c(c2)C(=O)N(CCc2ccccc2)C3=O)cc1. The van der Waals surface area contributed by atoms with Gasteiger partial charge in [-0.1, -0.05) is 37.3 Å². The quantitative estimate of drug-likeness (QED) is 0.441. The van der Waals surface area contributed by atoms with Crippen LogP contribution in [0.15, 0.2) is 72.8 Å². The maximum absolute atomic E-state index is 12.9. The third kappa shape index (κ3) is 5.58. The molecule has 4 rings (SSSR count). The van der Waals surface area contributed by atoms with Crippen LogP contribution in [-0.4, -0.2) is 43.3 Å². The van der Waals surface area contributed by atoms with Gasteiger partial charge in [-0.25, -0.2) is 8.42 Å². The van der Waals surface area contributed by atoms with Gasteiger partial charge in [-0.05, 0) is 60.9 Å². The van der Waals surface area contributed by atoms with Crippen LogP contribution >= 0.6 is 0 Å². The molecule has 35 heavy (non-hydrogen) atoms. The molecule has 9 heteroatoms. The van der Waals surface area contributed by atoms with E-state index in [1.54, 1.807) is 31.2 Å². The van der Waals surface area contributed by atoms with Crippen LogP contribution in [0.5, 0.6) is 0 Å². The zero-order valence-electron chi connectivity index (χ0n) is 19.2. The van der Waals surface area contributed by atoms with Gasteiger partial charge in [0.25, 0.3) is 17.7 Å². The Kier molecular flexibility index (Phi) is 6.97. The van der Waals surface area contributed by atoms with Gasteiger partial charge in [0.05, 0.1) is 16.9 Å². The van der Waals surface area contributed by atoms with Crippen LogP contribution in [0.2, 0.25) is 0 Å². The Morgan fingerprint density at radius 2 is 1.51 bits per heavy atom. The molecule has 3 amide bonds. The molecule has 0 aliphatic carbocycles. The van der Waals surface area contributed by atoms with Crippen LogP contribution in [-0.2, 0) is 16.4 Å². The van der Waals surface area contributed by atoms with Crippen molar-refractivity contribution in [1.82, 2.24) is 4.90 Å². The van der Waals surface area contributed by atoms with Crippen molar-refractivity contribution in [3.05, 3.63) is 95.1 Å². The van der Waals surface area contributed by atoms with Gasteiger partial charge in [-0.15, -0.1) is 0 Å². The summed E-state index contributed by atoms with van der Waals surface area (Å²) < 4.78 is 26.3. The van der Waals surface area contributed by atoms with Crippen LogP contribution in [0.4, 0.5) is 11.4 Å². The maximum atomic E-state index is 12.9. The van der Waals surface area contributed by atoms with E-state index in [9.17, 15) is 22.8 Å². The molecule has 3 aromatic rings. The van der Waals surface area contributed by atoms with Gasteiger partial charge in [0, 0.05) is 23.5 Å². The predicted molar refractivity (Wildman–Crippen MR) is 134 cm³/mol. The third-order valence-corrected chi connectivity index (χ3v) is 7.08. The molecule has 0 atom stereocenters. The van der Waals surface area contributed by atoms with Crippen LogP contribution in [0, 0.1) is 0 Å². The van der Waals surface area contributed by atoms with E-state index in [2.05, 4.69) is 10.0 Å². The van der Waals surface area contributed by atoms with E-state index in [4.69, 9.17) is 0 Å². The number of carbonyl (C=O) groups is 3. The number of nitrogens with zero attached hydrogens (tertiary/aromatic N) is 1. The summed E-state index contributed by atoms with van der Waals surface area (Å²) in [5, 5.41) is 2.72. The van der Waals surface area contributed by atoms with Crippen molar-refractivity contribution in [1.29, 1.82) is 0 Å². The van der Waals surface area contributed by atoms with Crippen LogP contribution in [0.3, 0.4) is 0 Å². The van der Waals surface area contributed by atoms with Crippen LogP contribution in [0.25, 0.3) is 0 Å². The average Bonchev–Trinajstić information content (AvgIpc) is 3.08. The molecule has 0 saturated heterocycles. The first kappa shape index (κ1) is 24.2.